The molecule has 9 heteroatoms. The van der Waals surface area contributed by atoms with Gasteiger partial charge in [-0.25, -0.2) is 9.18 Å². The quantitative estimate of drug-likeness (QED) is 0.195. The second kappa shape index (κ2) is 10.7. The fourth-order valence-electron chi connectivity index (χ4n) is 3.67. The summed E-state index contributed by atoms with van der Waals surface area (Å²) in [5.74, 6) is 0.284. The SMILES string of the molecule is COc1ccc(/C(=N/OC(=O)c2ccccc2F)c2nccc3cc(OC)c(OC)cc23)cc1OC. The van der Waals surface area contributed by atoms with Crippen molar-refractivity contribution in [1.29, 1.82) is 0 Å². The molecule has 4 rings (SSSR count). The van der Waals surface area contributed by atoms with Crippen molar-refractivity contribution in [1.82, 2.24) is 4.98 Å². The second-order valence-corrected chi connectivity index (χ2v) is 7.46. The zero-order valence-corrected chi connectivity index (χ0v) is 20.1. The van der Waals surface area contributed by atoms with E-state index in [2.05, 4.69) is 10.1 Å². The number of carbonyl (C=O) groups is 1. The maximum absolute atomic E-state index is 14.1. The van der Waals surface area contributed by atoms with Crippen LogP contribution in [0.4, 0.5) is 4.39 Å². The Kier molecular flexibility index (Phi) is 7.29. The van der Waals surface area contributed by atoms with E-state index in [0.717, 1.165) is 5.39 Å². The molecule has 0 saturated carbocycles. The van der Waals surface area contributed by atoms with Gasteiger partial charge in [-0.1, -0.05) is 17.3 Å². The zero-order valence-electron chi connectivity index (χ0n) is 20.1. The first kappa shape index (κ1) is 24.5. The molecule has 0 fully saturated rings. The van der Waals surface area contributed by atoms with E-state index in [4.69, 9.17) is 23.8 Å². The van der Waals surface area contributed by atoms with Crippen LogP contribution in [0.15, 0.2) is 72.0 Å². The summed E-state index contributed by atoms with van der Waals surface area (Å²) in [6, 6.07) is 15.9. The molecule has 3 aromatic carbocycles. The number of oxime groups is 1. The molecule has 36 heavy (non-hydrogen) atoms. The molecule has 0 aliphatic heterocycles. The summed E-state index contributed by atoms with van der Waals surface area (Å²) < 4.78 is 35.8. The number of nitrogens with zero attached hydrogens (tertiary/aromatic N) is 2. The van der Waals surface area contributed by atoms with Crippen LogP contribution in [0.2, 0.25) is 0 Å². The van der Waals surface area contributed by atoms with E-state index in [9.17, 15) is 9.18 Å². The zero-order chi connectivity index (χ0) is 25.7. The highest BCUT2D eigenvalue weighted by molar-refractivity contribution is 6.18. The molecule has 0 atom stereocenters. The van der Waals surface area contributed by atoms with Crippen LogP contribution >= 0.6 is 0 Å². The highest BCUT2D eigenvalue weighted by atomic mass is 19.1. The third kappa shape index (κ3) is 4.76. The molecule has 0 amide bonds. The van der Waals surface area contributed by atoms with E-state index in [-0.39, 0.29) is 11.3 Å². The summed E-state index contributed by atoms with van der Waals surface area (Å²) in [4.78, 5) is 22.4. The number of benzene rings is 3. The largest absolute Gasteiger partial charge is 0.493 e. The van der Waals surface area contributed by atoms with Gasteiger partial charge < -0.3 is 23.8 Å². The van der Waals surface area contributed by atoms with Crippen molar-refractivity contribution in [2.45, 2.75) is 0 Å². The van der Waals surface area contributed by atoms with E-state index in [1.165, 1.54) is 45.6 Å². The van der Waals surface area contributed by atoms with Gasteiger partial charge in [-0.05, 0) is 53.9 Å². The Morgan fingerprint density at radius 2 is 1.47 bits per heavy atom. The van der Waals surface area contributed by atoms with Gasteiger partial charge in [-0.2, -0.15) is 0 Å². The molecule has 4 aromatic rings. The Labute approximate surface area is 206 Å². The van der Waals surface area contributed by atoms with Crippen molar-refractivity contribution in [3.05, 3.63) is 89.5 Å². The molecule has 1 heterocycles. The lowest BCUT2D eigenvalue weighted by molar-refractivity contribution is 0.0511. The molecule has 0 unspecified atom stereocenters. The monoisotopic (exact) mass is 490 g/mol. The molecule has 0 radical (unpaired) electrons. The third-order valence-electron chi connectivity index (χ3n) is 5.46. The standard InChI is InChI=1S/C27H23FN2O6/c1-32-21-10-9-17(14-22(21)33-2)25(30-36-27(31)18-7-5-6-8-20(18)28)26-19-15-24(35-4)23(34-3)13-16(19)11-12-29-26/h5-15H,1-4H3/b30-25-. The molecule has 8 nitrogen and oxygen atoms in total. The van der Waals surface area contributed by atoms with Gasteiger partial charge in [-0.15, -0.1) is 0 Å². The van der Waals surface area contributed by atoms with E-state index in [1.54, 1.807) is 49.7 Å². The molecule has 0 aliphatic carbocycles. The van der Waals surface area contributed by atoms with Crippen LogP contribution < -0.4 is 18.9 Å². The fraction of sp³-hybridized carbons (Fsp3) is 0.148. The number of pyridine rings is 1. The molecular weight excluding hydrogens is 467 g/mol. The first-order chi connectivity index (χ1) is 17.5. The van der Waals surface area contributed by atoms with Gasteiger partial charge in [-0.3, -0.25) is 4.98 Å². The maximum atomic E-state index is 14.1. The molecule has 0 spiro atoms. The second-order valence-electron chi connectivity index (χ2n) is 7.46. The first-order valence-electron chi connectivity index (χ1n) is 10.8. The Hall–Kier alpha value is -4.66. The van der Waals surface area contributed by atoms with Crippen LogP contribution in [-0.2, 0) is 4.84 Å². The molecule has 1 aromatic heterocycles. The van der Waals surface area contributed by atoms with Crippen molar-refractivity contribution >= 4 is 22.5 Å². The van der Waals surface area contributed by atoms with Gasteiger partial charge in [0.1, 0.15) is 17.2 Å². The lowest BCUT2D eigenvalue weighted by Gasteiger charge is -2.14. The average molecular weight is 490 g/mol. The van der Waals surface area contributed by atoms with Crippen molar-refractivity contribution in [3.8, 4) is 23.0 Å². The van der Waals surface area contributed by atoms with Gasteiger partial charge in [0, 0.05) is 17.1 Å². The number of aromatic nitrogens is 1. The lowest BCUT2D eigenvalue weighted by atomic mass is 10.0. The summed E-state index contributed by atoms with van der Waals surface area (Å²) in [5, 5.41) is 5.57. The number of carbonyl (C=O) groups excluding carboxylic acids is 1. The predicted molar refractivity (Wildman–Crippen MR) is 132 cm³/mol. The van der Waals surface area contributed by atoms with E-state index >= 15 is 0 Å². The molecule has 0 N–H and O–H groups in total. The minimum Gasteiger partial charge on any atom is -0.493 e. The highest BCUT2D eigenvalue weighted by Gasteiger charge is 2.20. The van der Waals surface area contributed by atoms with Crippen molar-refractivity contribution in [2.24, 2.45) is 5.16 Å². The third-order valence-corrected chi connectivity index (χ3v) is 5.46. The maximum Gasteiger partial charge on any atom is 0.368 e. The van der Waals surface area contributed by atoms with Gasteiger partial charge in [0.25, 0.3) is 0 Å². The number of rotatable bonds is 8. The first-order valence-corrected chi connectivity index (χ1v) is 10.8. The van der Waals surface area contributed by atoms with Crippen LogP contribution in [0.3, 0.4) is 0 Å². The van der Waals surface area contributed by atoms with Crippen LogP contribution in [-0.4, -0.2) is 45.1 Å². The minimum absolute atomic E-state index is 0.207. The fourth-order valence-corrected chi connectivity index (χ4v) is 3.67. The van der Waals surface area contributed by atoms with E-state index < -0.39 is 11.8 Å². The highest BCUT2D eigenvalue weighted by Crippen LogP contribution is 2.35. The van der Waals surface area contributed by atoms with Crippen LogP contribution in [0.1, 0.15) is 21.6 Å². The Bertz CT molecular complexity index is 1450. The summed E-state index contributed by atoms with van der Waals surface area (Å²) in [7, 11) is 6.10. The molecular formula is C27H23FN2O6. The van der Waals surface area contributed by atoms with Gasteiger partial charge >= 0.3 is 5.97 Å². The molecule has 0 bridgehead atoms. The Morgan fingerprint density at radius 3 is 2.17 bits per heavy atom. The Balaban J connectivity index is 1.90. The van der Waals surface area contributed by atoms with Crippen LogP contribution in [0.25, 0.3) is 10.8 Å². The van der Waals surface area contributed by atoms with Gasteiger partial charge in [0.05, 0.1) is 34.0 Å². The van der Waals surface area contributed by atoms with Gasteiger partial charge in [0.15, 0.2) is 23.0 Å². The lowest BCUT2D eigenvalue weighted by Crippen LogP contribution is -2.11. The number of ether oxygens (including phenoxy) is 4. The number of hydrogen-bond acceptors (Lipinski definition) is 8. The average Bonchev–Trinajstić information content (AvgIpc) is 2.92. The van der Waals surface area contributed by atoms with Gasteiger partial charge in [0.2, 0.25) is 0 Å². The van der Waals surface area contributed by atoms with Crippen LogP contribution in [0.5, 0.6) is 23.0 Å². The van der Waals surface area contributed by atoms with E-state index in [1.807, 2.05) is 0 Å². The van der Waals surface area contributed by atoms with E-state index in [0.29, 0.717) is 39.6 Å². The number of hydrogen-bond donors (Lipinski definition) is 0. The molecule has 184 valence electrons. The number of methoxy groups -OCH3 is 4. The summed E-state index contributed by atoms with van der Waals surface area (Å²) in [6.45, 7) is 0. The molecule has 0 saturated heterocycles. The molecule has 0 aliphatic rings. The van der Waals surface area contributed by atoms with Crippen molar-refractivity contribution < 1.29 is 33.0 Å². The summed E-state index contributed by atoms with van der Waals surface area (Å²) in [5.41, 5.74) is 0.870. The topological polar surface area (TPSA) is 88.5 Å². The minimum atomic E-state index is -0.953. The van der Waals surface area contributed by atoms with Crippen molar-refractivity contribution in [3.63, 3.8) is 0 Å². The van der Waals surface area contributed by atoms with Crippen LogP contribution in [0, 0.1) is 5.82 Å². The normalized spacial score (nSPS) is 11.2. The predicted octanol–water partition coefficient (Wildman–Crippen LogP) is 5.02. The van der Waals surface area contributed by atoms with Crippen molar-refractivity contribution in [2.75, 3.05) is 28.4 Å². The summed E-state index contributed by atoms with van der Waals surface area (Å²) >= 11 is 0. The smallest absolute Gasteiger partial charge is 0.368 e. The summed E-state index contributed by atoms with van der Waals surface area (Å²) in [6.07, 6.45) is 1.60. The number of halogens is 1. The Morgan fingerprint density at radius 1 is 0.806 bits per heavy atom. The number of fused-ring (bicyclic) bond motifs is 1.